The molecule has 2 aromatic carbocycles. The van der Waals surface area contributed by atoms with Gasteiger partial charge >= 0.3 is 0 Å². The number of hydrogen-bond donors (Lipinski definition) is 2. The second kappa shape index (κ2) is 8.88. The molecule has 128 valence electrons. The van der Waals surface area contributed by atoms with Gasteiger partial charge in [0.1, 0.15) is 17.3 Å². The first-order chi connectivity index (χ1) is 11.6. The first-order valence-electron chi connectivity index (χ1n) is 7.60. The Kier molecular flexibility index (Phi) is 6.57. The van der Waals surface area contributed by atoms with Crippen LogP contribution in [0, 0.1) is 5.82 Å². The molecule has 0 atom stereocenters. The van der Waals surface area contributed by atoms with E-state index in [1.807, 2.05) is 0 Å². The van der Waals surface area contributed by atoms with Gasteiger partial charge in [0, 0.05) is 6.07 Å². The predicted molar refractivity (Wildman–Crippen MR) is 91.1 cm³/mol. The fourth-order valence-electron chi connectivity index (χ4n) is 2.22. The lowest BCUT2D eigenvalue weighted by Gasteiger charge is -2.12. The highest BCUT2D eigenvalue weighted by Gasteiger charge is 2.09. The summed E-state index contributed by atoms with van der Waals surface area (Å²) < 4.78 is 23.8. The van der Waals surface area contributed by atoms with Gasteiger partial charge in [-0.2, -0.15) is 0 Å². The zero-order valence-corrected chi connectivity index (χ0v) is 13.8. The van der Waals surface area contributed by atoms with Gasteiger partial charge in [-0.3, -0.25) is 4.79 Å². The molecule has 0 aliphatic heterocycles. The largest absolute Gasteiger partial charge is 0.497 e. The Labute approximate surface area is 140 Å². The molecule has 0 aliphatic carbocycles. The zero-order chi connectivity index (χ0) is 17.4. The average molecular weight is 332 g/mol. The van der Waals surface area contributed by atoms with E-state index in [0.29, 0.717) is 35.7 Å². The average Bonchev–Trinajstić information content (AvgIpc) is 2.60. The summed E-state index contributed by atoms with van der Waals surface area (Å²) in [5.74, 6) is 0.737. The molecule has 0 saturated heterocycles. The van der Waals surface area contributed by atoms with E-state index in [-0.39, 0.29) is 18.3 Å². The second-order valence-electron chi connectivity index (χ2n) is 5.13. The van der Waals surface area contributed by atoms with Crippen molar-refractivity contribution in [2.45, 2.75) is 6.42 Å². The number of halogens is 1. The van der Waals surface area contributed by atoms with Crippen LogP contribution >= 0.6 is 0 Å². The van der Waals surface area contributed by atoms with Gasteiger partial charge in [-0.15, -0.1) is 0 Å². The molecule has 0 fully saturated rings. The number of hydrogen-bond acceptors (Lipinski definition) is 4. The van der Waals surface area contributed by atoms with Gasteiger partial charge in [-0.25, -0.2) is 4.39 Å². The normalized spacial score (nSPS) is 10.3. The van der Waals surface area contributed by atoms with Crippen molar-refractivity contribution in [1.82, 2.24) is 5.32 Å². The van der Waals surface area contributed by atoms with Crippen LogP contribution in [0.25, 0.3) is 0 Å². The first-order valence-corrected chi connectivity index (χ1v) is 7.60. The lowest BCUT2D eigenvalue weighted by molar-refractivity contribution is -0.115. The summed E-state index contributed by atoms with van der Waals surface area (Å²) in [5, 5.41) is 5.76. The highest BCUT2D eigenvalue weighted by atomic mass is 19.1. The minimum atomic E-state index is -0.230. The number of anilines is 1. The third-order valence-corrected chi connectivity index (χ3v) is 3.50. The smallest absolute Gasteiger partial charge is 0.238 e. The SMILES string of the molecule is COc1ccc(NC(=O)CNCCc2ccccc2F)c(OC)c1. The number of methoxy groups -OCH3 is 2. The molecule has 2 rings (SSSR count). The van der Waals surface area contributed by atoms with Crippen LogP contribution in [0.2, 0.25) is 0 Å². The van der Waals surface area contributed by atoms with Crippen molar-refractivity contribution in [3.8, 4) is 11.5 Å². The lowest BCUT2D eigenvalue weighted by atomic mass is 10.1. The summed E-state index contributed by atoms with van der Waals surface area (Å²) in [6.45, 7) is 0.637. The third kappa shape index (κ3) is 4.96. The Balaban J connectivity index is 1.80. The molecule has 0 heterocycles. The van der Waals surface area contributed by atoms with E-state index in [9.17, 15) is 9.18 Å². The molecule has 0 unspecified atom stereocenters. The van der Waals surface area contributed by atoms with Crippen molar-refractivity contribution in [2.75, 3.05) is 32.6 Å². The topological polar surface area (TPSA) is 59.6 Å². The van der Waals surface area contributed by atoms with Crippen molar-refractivity contribution >= 4 is 11.6 Å². The molecule has 1 amide bonds. The molecule has 0 spiro atoms. The van der Waals surface area contributed by atoms with Crippen LogP contribution in [0.5, 0.6) is 11.5 Å². The molecule has 5 nitrogen and oxygen atoms in total. The number of amides is 1. The lowest BCUT2D eigenvalue weighted by Crippen LogP contribution is -2.29. The van der Waals surface area contributed by atoms with E-state index in [1.54, 1.807) is 43.5 Å². The molecule has 0 aromatic heterocycles. The molecule has 0 saturated carbocycles. The summed E-state index contributed by atoms with van der Waals surface area (Å²) in [4.78, 5) is 12.0. The molecule has 6 heteroatoms. The Morgan fingerprint density at radius 1 is 1.12 bits per heavy atom. The molecule has 2 N–H and O–H groups in total. The van der Waals surface area contributed by atoms with Gasteiger partial charge in [0.15, 0.2) is 0 Å². The van der Waals surface area contributed by atoms with Crippen molar-refractivity contribution in [1.29, 1.82) is 0 Å². The van der Waals surface area contributed by atoms with E-state index < -0.39 is 0 Å². The van der Waals surface area contributed by atoms with E-state index in [0.717, 1.165) is 0 Å². The van der Waals surface area contributed by atoms with Gasteiger partial charge < -0.3 is 20.1 Å². The number of nitrogens with one attached hydrogen (secondary N) is 2. The minimum absolute atomic E-state index is 0.129. The van der Waals surface area contributed by atoms with E-state index in [4.69, 9.17) is 9.47 Å². The van der Waals surface area contributed by atoms with Gasteiger partial charge in [0.05, 0.1) is 26.5 Å². The van der Waals surface area contributed by atoms with Crippen molar-refractivity contribution in [2.24, 2.45) is 0 Å². The maximum atomic E-state index is 13.5. The monoisotopic (exact) mass is 332 g/mol. The summed E-state index contributed by atoms with van der Waals surface area (Å²) in [6, 6.07) is 11.8. The minimum Gasteiger partial charge on any atom is -0.497 e. The van der Waals surface area contributed by atoms with E-state index >= 15 is 0 Å². The highest BCUT2D eigenvalue weighted by Crippen LogP contribution is 2.28. The summed E-state index contributed by atoms with van der Waals surface area (Å²) in [7, 11) is 3.09. The van der Waals surface area contributed by atoms with Crippen LogP contribution in [0.15, 0.2) is 42.5 Å². The Hall–Kier alpha value is -2.60. The quantitative estimate of drug-likeness (QED) is 0.730. The fraction of sp³-hybridized carbons (Fsp3) is 0.278. The molecule has 24 heavy (non-hydrogen) atoms. The maximum absolute atomic E-state index is 13.5. The Morgan fingerprint density at radius 3 is 2.62 bits per heavy atom. The third-order valence-electron chi connectivity index (χ3n) is 3.50. The molecular weight excluding hydrogens is 311 g/mol. The number of ether oxygens (including phenoxy) is 2. The summed E-state index contributed by atoms with van der Waals surface area (Å²) in [6.07, 6.45) is 0.520. The van der Waals surface area contributed by atoms with E-state index in [1.165, 1.54) is 13.2 Å². The molecule has 2 aromatic rings. The van der Waals surface area contributed by atoms with Crippen LogP contribution in [0.4, 0.5) is 10.1 Å². The Bertz CT molecular complexity index is 692. The van der Waals surface area contributed by atoms with Crippen LogP contribution < -0.4 is 20.1 Å². The van der Waals surface area contributed by atoms with Gasteiger partial charge in [-0.05, 0) is 36.7 Å². The van der Waals surface area contributed by atoms with Crippen LogP contribution in [0.1, 0.15) is 5.56 Å². The predicted octanol–water partition coefficient (Wildman–Crippen LogP) is 2.61. The van der Waals surface area contributed by atoms with Crippen LogP contribution in [0.3, 0.4) is 0 Å². The van der Waals surface area contributed by atoms with Gasteiger partial charge in [0.25, 0.3) is 0 Å². The summed E-state index contributed by atoms with van der Waals surface area (Å²) in [5.41, 5.74) is 1.20. The van der Waals surface area contributed by atoms with Crippen molar-refractivity contribution in [3.63, 3.8) is 0 Å². The van der Waals surface area contributed by atoms with Crippen LogP contribution in [-0.2, 0) is 11.2 Å². The second-order valence-corrected chi connectivity index (χ2v) is 5.13. The van der Waals surface area contributed by atoms with E-state index in [2.05, 4.69) is 10.6 Å². The number of carbonyl (C=O) groups is 1. The maximum Gasteiger partial charge on any atom is 0.238 e. The number of benzene rings is 2. The Morgan fingerprint density at radius 2 is 1.92 bits per heavy atom. The van der Waals surface area contributed by atoms with Gasteiger partial charge in [-0.1, -0.05) is 18.2 Å². The number of rotatable bonds is 8. The number of carbonyl (C=O) groups excluding carboxylic acids is 1. The first kappa shape index (κ1) is 17.7. The fourth-order valence-corrected chi connectivity index (χ4v) is 2.22. The molecule has 0 radical (unpaired) electrons. The van der Waals surface area contributed by atoms with Crippen LogP contribution in [-0.4, -0.2) is 33.2 Å². The molecule has 0 bridgehead atoms. The standard InChI is InChI=1S/C18H21FN2O3/c1-23-14-7-8-16(17(11-14)24-2)21-18(22)12-20-10-9-13-5-3-4-6-15(13)19/h3-8,11,20H,9-10,12H2,1-2H3,(H,21,22). The molecule has 0 aliphatic rings. The van der Waals surface area contributed by atoms with Crippen molar-refractivity contribution < 1.29 is 18.7 Å². The molecular formula is C18H21FN2O3. The van der Waals surface area contributed by atoms with Crippen molar-refractivity contribution in [3.05, 3.63) is 53.8 Å². The zero-order valence-electron chi connectivity index (χ0n) is 13.8. The summed E-state index contributed by atoms with van der Waals surface area (Å²) >= 11 is 0. The highest BCUT2D eigenvalue weighted by molar-refractivity contribution is 5.93. The van der Waals surface area contributed by atoms with Gasteiger partial charge in [0.2, 0.25) is 5.91 Å².